The number of anilines is 1. The average molecular weight is 642 g/mol. The number of H-pyrrole nitrogens is 1. The summed E-state index contributed by atoms with van der Waals surface area (Å²) in [6.45, 7) is 6.02. The van der Waals surface area contributed by atoms with Gasteiger partial charge in [-0.2, -0.15) is 0 Å². The van der Waals surface area contributed by atoms with E-state index in [4.69, 9.17) is 10.8 Å². The molecule has 246 valence electrons. The van der Waals surface area contributed by atoms with E-state index in [1.807, 2.05) is 13.8 Å². The molecule has 3 aromatic rings. The van der Waals surface area contributed by atoms with Crippen LogP contribution in [0.25, 0.3) is 10.9 Å². The molecule has 1 heterocycles. The van der Waals surface area contributed by atoms with Crippen molar-refractivity contribution in [3.63, 3.8) is 0 Å². The summed E-state index contributed by atoms with van der Waals surface area (Å²) in [5.41, 5.74) is 4.35. The summed E-state index contributed by atoms with van der Waals surface area (Å²) in [6.07, 6.45) is -2.86. The van der Waals surface area contributed by atoms with Gasteiger partial charge >= 0.3 is 17.9 Å². The van der Waals surface area contributed by atoms with Crippen molar-refractivity contribution in [3.05, 3.63) is 69.0 Å². The van der Waals surface area contributed by atoms with Gasteiger partial charge in [-0.15, -0.1) is 0 Å². The topological polar surface area (TPSA) is 224 Å². The second-order valence-electron chi connectivity index (χ2n) is 11.0. The molecule has 0 aliphatic carbocycles. The SMILES string of the molecule is CCN(Cc1cc2c(=O)[nH]c(C)nc2cc1C)c1ccc(C(=O)N(C)[C@@](CCC(=O)O)(C(=O)O)C(=O)CC[C@H](N)C(=O)O)c(F)c1. The Hall–Kier alpha value is -5.18. The highest BCUT2D eigenvalue weighted by molar-refractivity contribution is 6.12. The molecule has 0 radical (unpaired) electrons. The number of aromatic amines is 1. The van der Waals surface area contributed by atoms with Crippen LogP contribution in [0.15, 0.2) is 35.1 Å². The van der Waals surface area contributed by atoms with Crippen LogP contribution in [0.5, 0.6) is 0 Å². The smallest absolute Gasteiger partial charge is 0.337 e. The third-order valence-corrected chi connectivity index (χ3v) is 7.97. The molecule has 0 aliphatic rings. The summed E-state index contributed by atoms with van der Waals surface area (Å²) in [6, 6.07) is 5.63. The molecular weight excluding hydrogens is 605 g/mol. The maximum absolute atomic E-state index is 15.6. The van der Waals surface area contributed by atoms with Crippen LogP contribution in [0, 0.1) is 19.7 Å². The number of amides is 1. The molecule has 3 rings (SSSR count). The van der Waals surface area contributed by atoms with Gasteiger partial charge in [-0.25, -0.2) is 14.2 Å². The summed E-state index contributed by atoms with van der Waals surface area (Å²) in [4.78, 5) is 83.6. The summed E-state index contributed by atoms with van der Waals surface area (Å²) >= 11 is 0. The van der Waals surface area contributed by atoms with Gasteiger partial charge in [0.1, 0.15) is 17.7 Å². The molecule has 1 aromatic heterocycles. The fraction of sp³-hybridized carbons (Fsp3) is 0.387. The largest absolute Gasteiger partial charge is 0.481 e. The predicted molar refractivity (Wildman–Crippen MR) is 164 cm³/mol. The van der Waals surface area contributed by atoms with Gasteiger partial charge in [-0.1, -0.05) is 0 Å². The lowest BCUT2D eigenvalue weighted by Crippen LogP contribution is -2.61. The highest BCUT2D eigenvalue weighted by atomic mass is 19.1. The number of aliphatic carboxylic acids is 3. The first-order valence-electron chi connectivity index (χ1n) is 14.3. The van der Waals surface area contributed by atoms with E-state index in [9.17, 15) is 39.0 Å². The first kappa shape index (κ1) is 35.3. The number of halogens is 1. The quantitative estimate of drug-likeness (QED) is 0.151. The van der Waals surface area contributed by atoms with Crippen molar-refractivity contribution in [3.8, 4) is 0 Å². The predicted octanol–water partition coefficient (Wildman–Crippen LogP) is 2.23. The first-order valence-corrected chi connectivity index (χ1v) is 14.3. The normalized spacial score (nSPS) is 13.1. The maximum Gasteiger partial charge on any atom is 0.337 e. The Kier molecular flexibility index (Phi) is 11.0. The van der Waals surface area contributed by atoms with Crippen LogP contribution in [-0.4, -0.2) is 85.0 Å². The number of ketones is 1. The number of hydrogen-bond acceptors (Lipinski definition) is 9. The van der Waals surface area contributed by atoms with Crippen molar-refractivity contribution in [1.29, 1.82) is 0 Å². The zero-order chi connectivity index (χ0) is 34.5. The van der Waals surface area contributed by atoms with Gasteiger partial charge in [-0.05, 0) is 75.1 Å². The van der Waals surface area contributed by atoms with E-state index in [1.54, 1.807) is 24.0 Å². The number of nitrogens with two attached hydrogens (primary N) is 1. The lowest BCUT2D eigenvalue weighted by atomic mass is 9.83. The number of likely N-dealkylation sites (N-methyl/N-ethyl adjacent to an activating group) is 1. The molecule has 15 heteroatoms. The standard InChI is InChI=1S/C31H36FN5O9/c1-5-37(15-18-13-21-24(12-16(18)2)34-17(3)35-27(21)41)19-6-7-20(22(32)14-19)28(42)36(4)31(30(45)46,11-10-26(39)40)25(38)9-8-23(33)29(43)44/h6-7,12-14,23H,5,8-11,15,33H2,1-4H3,(H,39,40)(H,43,44)(H,45,46)(H,34,35,41)/t23-,31+/m0/s1. The van der Waals surface area contributed by atoms with Gasteiger partial charge in [0.25, 0.3) is 11.5 Å². The van der Waals surface area contributed by atoms with E-state index in [2.05, 4.69) is 9.97 Å². The van der Waals surface area contributed by atoms with Gasteiger partial charge in [-0.3, -0.25) is 24.0 Å². The Labute approximate surface area is 262 Å². The number of hydrogen-bond donors (Lipinski definition) is 5. The Morgan fingerprint density at radius 3 is 2.30 bits per heavy atom. The van der Waals surface area contributed by atoms with Crippen LogP contribution >= 0.6 is 0 Å². The minimum absolute atomic E-state index is 0.266. The molecule has 6 N–H and O–H groups in total. The molecule has 0 spiro atoms. The van der Waals surface area contributed by atoms with Gasteiger partial charge in [0.15, 0.2) is 11.3 Å². The van der Waals surface area contributed by atoms with Crippen molar-refractivity contribution in [2.45, 2.75) is 64.6 Å². The van der Waals surface area contributed by atoms with Gasteiger partial charge in [0.2, 0.25) is 0 Å². The number of rotatable bonds is 15. The van der Waals surface area contributed by atoms with Crippen LogP contribution in [0.1, 0.15) is 59.9 Å². The van der Waals surface area contributed by atoms with Crippen molar-refractivity contribution in [1.82, 2.24) is 14.9 Å². The lowest BCUT2D eigenvalue weighted by Gasteiger charge is -2.37. The molecule has 0 fully saturated rings. The third-order valence-electron chi connectivity index (χ3n) is 7.97. The molecule has 0 saturated carbocycles. The molecule has 0 saturated heterocycles. The van der Waals surface area contributed by atoms with Crippen molar-refractivity contribution in [2.24, 2.45) is 5.73 Å². The minimum atomic E-state index is -2.74. The van der Waals surface area contributed by atoms with Crippen molar-refractivity contribution in [2.75, 3.05) is 18.5 Å². The number of carbonyl (C=O) groups excluding carboxylic acids is 2. The highest BCUT2D eigenvalue weighted by Crippen LogP contribution is 2.29. The number of fused-ring (bicyclic) bond motifs is 1. The number of aromatic nitrogens is 2. The fourth-order valence-corrected chi connectivity index (χ4v) is 5.21. The minimum Gasteiger partial charge on any atom is -0.481 e. The number of carbonyl (C=O) groups is 5. The molecule has 0 aliphatic heterocycles. The molecule has 14 nitrogen and oxygen atoms in total. The molecule has 0 unspecified atom stereocenters. The number of aryl methyl sites for hydroxylation is 2. The Bertz CT molecular complexity index is 1760. The van der Waals surface area contributed by atoms with Crippen LogP contribution < -0.4 is 16.2 Å². The van der Waals surface area contributed by atoms with Crippen molar-refractivity contribution >= 4 is 46.2 Å². The van der Waals surface area contributed by atoms with E-state index < -0.39 is 78.2 Å². The van der Waals surface area contributed by atoms with Crippen LogP contribution in [0.3, 0.4) is 0 Å². The monoisotopic (exact) mass is 641 g/mol. The number of nitrogens with zero attached hydrogens (tertiary/aromatic N) is 3. The second kappa shape index (κ2) is 14.3. The number of carboxylic acid groups (broad SMARTS) is 3. The summed E-state index contributed by atoms with van der Waals surface area (Å²) in [7, 11) is 0.944. The van der Waals surface area contributed by atoms with E-state index in [1.165, 1.54) is 6.07 Å². The summed E-state index contributed by atoms with van der Waals surface area (Å²) in [5.74, 6) is -7.66. The zero-order valence-electron chi connectivity index (χ0n) is 25.8. The Morgan fingerprint density at radius 1 is 1.07 bits per heavy atom. The molecule has 0 bridgehead atoms. The number of Topliss-reactive ketones (excluding diaryl/α,β-unsaturated/α-hetero) is 1. The van der Waals surface area contributed by atoms with E-state index in [-0.39, 0.29) is 12.1 Å². The van der Waals surface area contributed by atoms with Crippen LogP contribution in [0.4, 0.5) is 10.1 Å². The first-order chi connectivity index (χ1) is 21.5. The number of carboxylic acids is 3. The molecular formula is C31H36FN5O9. The average Bonchev–Trinajstić information content (AvgIpc) is 2.98. The third kappa shape index (κ3) is 7.37. The maximum atomic E-state index is 15.6. The molecule has 2 atom stereocenters. The lowest BCUT2D eigenvalue weighted by molar-refractivity contribution is -0.156. The van der Waals surface area contributed by atoms with Gasteiger partial charge < -0.3 is 35.8 Å². The van der Waals surface area contributed by atoms with E-state index >= 15 is 4.39 Å². The summed E-state index contributed by atoms with van der Waals surface area (Å²) in [5, 5.41) is 28.8. The summed E-state index contributed by atoms with van der Waals surface area (Å²) < 4.78 is 15.6. The zero-order valence-corrected chi connectivity index (χ0v) is 25.8. The Morgan fingerprint density at radius 2 is 1.74 bits per heavy atom. The molecule has 46 heavy (non-hydrogen) atoms. The second-order valence-corrected chi connectivity index (χ2v) is 11.0. The number of nitrogens with one attached hydrogen (secondary N) is 1. The number of benzene rings is 2. The molecule has 2 aromatic carbocycles. The van der Waals surface area contributed by atoms with Gasteiger partial charge in [0.05, 0.1) is 16.5 Å². The van der Waals surface area contributed by atoms with E-state index in [0.717, 1.165) is 30.3 Å². The molecule has 1 amide bonds. The van der Waals surface area contributed by atoms with Crippen molar-refractivity contribution < 1.29 is 43.7 Å². The van der Waals surface area contributed by atoms with Gasteiger partial charge in [0, 0.05) is 38.7 Å². The van der Waals surface area contributed by atoms with Crippen LogP contribution in [-0.2, 0) is 25.7 Å². The van der Waals surface area contributed by atoms with Crippen LogP contribution in [0.2, 0.25) is 0 Å². The highest BCUT2D eigenvalue weighted by Gasteiger charge is 2.51. The Balaban J connectivity index is 1.95. The van der Waals surface area contributed by atoms with E-state index in [0.29, 0.717) is 33.9 Å². The fourth-order valence-electron chi connectivity index (χ4n) is 5.21.